The van der Waals surface area contributed by atoms with Crippen molar-refractivity contribution >= 4 is 45.4 Å². The Kier molecular flexibility index (Phi) is 3.60. The molecule has 3 rings (SSSR count). The Morgan fingerprint density at radius 1 is 1.53 bits per heavy atom. The average molecular weight is 397 g/mol. The number of hydrogen-bond acceptors (Lipinski definition) is 6. The number of hydrogen-bond donors (Lipinski definition) is 2. The molecule has 9 heteroatoms. The van der Waals surface area contributed by atoms with E-state index in [4.69, 9.17) is 21.4 Å². The van der Waals surface area contributed by atoms with E-state index >= 15 is 0 Å². The SMILES string of the molecule is OC[C@@H]1C[C@@H](O)[C@H](n2cnc3c(Cl)nc(I)nc32)O1. The van der Waals surface area contributed by atoms with Gasteiger partial charge in [-0.05, 0) is 0 Å². The van der Waals surface area contributed by atoms with Gasteiger partial charge >= 0.3 is 0 Å². The summed E-state index contributed by atoms with van der Waals surface area (Å²) < 4.78 is 7.68. The fraction of sp³-hybridized carbons (Fsp3) is 0.500. The van der Waals surface area contributed by atoms with Gasteiger partial charge in [0.2, 0.25) is 0 Å². The summed E-state index contributed by atoms with van der Waals surface area (Å²) in [6.45, 7) is -0.131. The van der Waals surface area contributed by atoms with Gasteiger partial charge in [0.1, 0.15) is 11.6 Å². The number of halogens is 2. The molecule has 0 radical (unpaired) electrons. The topological polar surface area (TPSA) is 93.3 Å². The van der Waals surface area contributed by atoms with Gasteiger partial charge in [-0.15, -0.1) is 0 Å². The Morgan fingerprint density at radius 3 is 3.00 bits per heavy atom. The van der Waals surface area contributed by atoms with Crippen LogP contribution in [0.15, 0.2) is 6.33 Å². The third kappa shape index (κ3) is 2.31. The number of nitrogens with zero attached hydrogens (tertiary/aromatic N) is 4. The van der Waals surface area contributed by atoms with Crippen molar-refractivity contribution in [1.29, 1.82) is 0 Å². The van der Waals surface area contributed by atoms with Crippen molar-refractivity contribution in [3.05, 3.63) is 15.3 Å². The van der Waals surface area contributed by atoms with Crippen LogP contribution in [0.1, 0.15) is 12.6 Å². The van der Waals surface area contributed by atoms with Gasteiger partial charge in [-0.1, -0.05) is 11.6 Å². The second-order valence-electron chi connectivity index (χ2n) is 4.24. The Morgan fingerprint density at radius 2 is 2.32 bits per heavy atom. The zero-order chi connectivity index (χ0) is 13.6. The zero-order valence-corrected chi connectivity index (χ0v) is 12.5. The van der Waals surface area contributed by atoms with Crippen LogP contribution in [0.2, 0.25) is 5.15 Å². The molecular formula is C10H10ClIN4O3. The average Bonchev–Trinajstić information content (AvgIpc) is 2.92. The normalized spacial score (nSPS) is 27.3. The molecule has 0 saturated carbocycles. The molecule has 1 aliphatic rings. The Balaban J connectivity index is 2.06. The van der Waals surface area contributed by atoms with Crippen LogP contribution in [-0.2, 0) is 4.74 Å². The second kappa shape index (κ2) is 5.09. The van der Waals surface area contributed by atoms with Crippen molar-refractivity contribution in [2.75, 3.05) is 6.61 Å². The standard InChI is InChI=1S/C10H10ClIN4O3/c11-7-6-8(15-10(12)14-7)16(3-13-6)9-5(18)1-4(2-17)19-9/h3-5,9,17-18H,1-2H2/t4-,5+,9+/m0/s1. The lowest BCUT2D eigenvalue weighted by Crippen LogP contribution is -2.19. The van der Waals surface area contributed by atoms with Gasteiger partial charge < -0.3 is 14.9 Å². The van der Waals surface area contributed by atoms with Crippen LogP contribution in [0.5, 0.6) is 0 Å². The molecule has 2 aromatic rings. The monoisotopic (exact) mass is 396 g/mol. The molecule has 102 valence electrons. The summed E-state index contributed by atoms with van der Waals surface area (Å²) in [5, 5.41) is 19.4. The molecule has 1 aliphatic heterocycles. The molecule has 3 atom stereocenters. The quantitative estimate of drug-likeness (QED) is 0.442. The lowest BCUT2D eigenvalue weighted by atomic mass is 10.2. The van der Waals surface area contributed by atoms with Crippen LogP contribution in [0.4, 0.5) is 0 Å². The van der Waals surface area contributed by atoms with Crippen LogP contribution in [0.25, 0.3) is 11.2 Å². The predicted octanol–water partition coefficient (Wildman–Crippen LogP) is 0.725. The molecule has 3 heterocycles. The maximum Gasteiger partial charge on any atom is 0.194 e. The van der Waals surface area contributed by atoms with Crippen LogP contribution in [-0.4, -0.2) is 48.5 Å². The van der Waals surface area contributed by atoms with Gasteiger partial charge in [0.25, 0.3) is 0 Å². The molecule has 2 N–H and O–H groups in total. The minimum absolute atomic E-state index is 0.131. The lowest BCUT2D eigenvalue weighted by Gasteiger charge is -2.16. The number of ether oxygens (including phenoxy) is 1. The highest BCUT2D eigenvalue weighted by Gasteiger charge is 2.36. The highest BCUT2D eigenvalue weighted by molar-refractivity contribution is 14.1. The molecule has 0 bridgehead atoms. The Bertz CT molecular complexity index is 622. The van der Waals surface area contributed by atoms with E-state index in [0.29, 0.717) is 21.4 Å². The fourth-order valence-electron chi connectivity index (χ4n) is 2.14. The van der Waals surface area contributed by atoms with E-state index in [1.165, 1.54) is 6.33 Å². The van der Waals surface area contributed by atoms with Crippen LogP contribution in [0, 0.1) is 3.83 Å². The lowest BCUT2D eigenvalue weighted by molar-refractivity contribution is -0.0487. The summed E-state index contributed by atoms with van der Waals surface area (Å²) in [4.78, 5) is 12.4. The van der Waals surface area contributed by atoms with Gasteiger partial charge in [0.05, 0.1) is 19.0 Å². The maximum atomic E-state index is 10.00. The van der Waals surface area contributed by atoms with Gasteiger partial charge in [0, 0.05) is 29.0 Å². The summed E-state index contributed by atoms with van der Waals surface area (Å²) in [5.41, 5.74) is 0.970. The van der Waals surface area contributed by atoms with Crippen molar-refractivity contribution in [1.82, 2.24) is 19.5 Å². The molecule has 0 spiro atoms. The number of aliphatic hydroxyl groups is 2. The Hall–Kier alpha value is -0.550. The number of imidazole rings is 1. The highest BCUT2D eigenvalue weighted by atomic mass is 127. The van der Waals surface area contributed by atoms with Gasteiger partial charge in [0.15, 0.2) is 20.9 Å². The minimum Gasteiger partial charge on any atom is -0.394 e. The first-order valence-corrected chi connectivity index (χ1v) is 7.05. The van der Waals surface area contributed by atoms with E-state index in [0.717, 1.165) is 0 Å². The molecule has 0 unspecified atom stereocenters. The zero-order valence-electron chi connectivity index (χ0n) is 9.57. The molecule has 19 heavy (non-hydrogen) atoms. The summed E-state index contributed by atoms with van der Waals surface area (Å²) in [5.74, 6) is 0. The first-order valence-electron chi connectivity index (χ1n) is 5.60. The molecule has 2 aromatic heterocycles. The van der Waals surface area contributed by atoms with E-state index in [1.807, 2.05) is 22.6 Å². The Labute approximate surface area is 126 Å². The van der Waals surface area contributed by atoms with Gasteiger partial charge in [-0.2, -0.15) is 0 Å². The van der Waals surface area contributed by atoms with Crippen LogP contribution in [0.3, 0.4) is 0 Å². The van der Waals surface area contributed by atoms with Crippen molar-refractivity contribution in [2.45, 2.75) is 24.9 Å². The molecule has 1 fully saturated rings. The van der Waals surface area contributed by atoms with E-state index in [-0.39, 0.29) is 17.9 Å². The third-order valence-electron chi connectivity index (χ3n) is 2.99. The van der Waals surface area contributed by atoms with E-state index in [9.17, 15) is 5.11 Å². The molecule has 0 aliphatic carbocycles. The van der Waals surface area contributed by atoms with Gasteiger partial charge in [-0.3, -0.25) is 4.57 Å². The molecule has 7 nitrogen and oxygen atoms in total. The summed E-state index contributed by atoms with van der Waals surface area (Å²) in [6.07, 6.45) is 0.157. The second-order valence-corrected chi connectivity index (χ2v) is 5.56. The van der Waals surface area contributed by atoms with E-state index < -0.39 is 12.3 Å². The van der Waals surface area contributed by atoms with Crippen LogP contribution >= 0.6 is 34.2 Å². The maximum absolute atomic E-state index is 10.00. The largest absolute Gasteiger partial charge is 0.394 e. The van der Waals surface area contributed by atoms with E-state index in [1.54, 1.807) is 4.57 Å². The predicted molar refractivity (Wildman–Crippen MR) is 74.7 cm³/mol. The molecular weight excluding hydrogens is 386 g/mol. The highest BCUT2D eigenvalue weighted by Crippen LogP contribution is 2.31. The fourth-order valence-corrected chi connectivity index (χ4v) is 2.97. The first-order chi connectivity index (χ1) is 9.10. The van der Waals surface area contributed by atoms with Crippen molar-refractivity contribution in [3.8, 4) is 0 Å². The molecule has 1 saturated heterocycles. The number of aromatic nitrogens is 4. The molecule has 0 amide bonds. The van der Waals surface area contributed by atoms with E-state index in [2.05, 4.69) is 15.0 Å². The van der Waals surface area contributed by atoms with Crippen molar-refractivity contribution in [2.24, 2.45) is 0 Å². The van der Waals surface area contributed by atoms with Crippen LogP contribution < -0.4 is 0 Å². The van der Waals surface area contributed by atoms with Gasteiger partial charge in [-0.25, -0.2) is 15.0 Å². The summed E-state index contributed by atoms with van der Waals surface area (Å²) in [6, 6.07) is 0. The summed E-state index contributed by atoms with van der Waals surface area (Å²) >= 11 is 7.96. The summed E-state index contributed by atoms with van der Waals surface area (Å²) in [7, 11) is 0. The number of rotatable bonds is 2. The molecule has 0 aromatic carbocycles. The number of fused-ring (bicyclic) bond motifs is 1. The van der Waals surface area contributed by atoms with Crippen molar-refractivity contribution < 1.29 is 14.9 Å². The first kappa shape index (κ1) is 13.4. The van der Waals surface area contributed by atoms with Crippen molar-refractivity contribution in [3.63, 3.8) is 0 Å². The third-order valence-corrected chi connectivity index (χ3v) is 3.74. The minimum atomic E-state index is -0.721. The smallest absolute Gasteiger partial charge is 0.194 e. The number of aliphatic hydroxyl groups excluding tert-OH is 2.